The van der Waals surface area contributed by atoms with Gasteiger partial charge >= 0.3 is 0 Å². The summed E-state index contributed by atoms with van der Waals surface area (Å²) >= 11 is 7.77. The third-order valence-electron chi connectivity index (χ3n) is 2.32. The monoisotopic (exact) mass is 223 g/mol. The summed E-state index contributed by atoms with van der Waals surface area (Å²) in [6, 6.07) is 0.442. The third-order valence-corrected chi connectivity index (χ3v) is 3.37. The molecular formula is C9H18ClNOS. The molecule has 1 rings (SSSR count). The lowest BCUT2D eigenvalue weighted by Gasteiger charge is -2.34. The van der Waals surface area contributed by atoms with Crippen LogP contribution in [0, 0.1) is 0 Å². The number of nitrogens with zero attached hydrogens (tertiary/aromatic N) is 1. The van der Waals surface area contributed by atoms with Crippen LogP contribution in [-0.2, 0) is 4.74 Å². The summed E-state index contributed by atoms with van der Waals surface area (Å²) in [5, 5.41) is 0. The summed E-state index contributed by atoms with van der Waals surface area (Å²) in [5.74, 6) is 1.94. The summed E-state index contributed by atoms with van der Waals surface area (Å²) in [7, 11) is 0. The Hall–Kier alpha value is 0.560. The molecular weight excluding hydrogens is 206 g/mol. The van der Waals surface area contributed by atoms with Crippen molar-refractivity contribution >= 4 is 23.4 Å². The van der Waals surface area contributed by atoms with E-state index in [1.807, 2.05) is 11.8 Å². The molecule has 0 amide bonds. The van der Waals surface area contributed by atoms with Gasteiger partial charge in [-0.25, -0.2) is 0 Å². The molecule has 0 aromatic heterocycles. The molecule has 0 aromatic rings. The van der Waals surface area contributed by atoms with Crippen molar-refractivity contribution in [2.24, 2.45) is 0 Å². The van der Waals surface area contributed by atoms with E-state index in [1.54, 1.807) is 0 Å². The standard InChI is InChI=1S/C9H18ClNOS/c1-13-6-2-3-11-4-5-12-8-9(11)7-10/h9H,2-8H2,1H3. The van der Waals surface area contributed by atoms with Gasteiger partial charge in [0.1, 0.15) is 0 Å². The Balaban J connectivity index is 2.19. The minimum absolute atomic E-state index is 0.442. The quantitative estimate of drug-likeness (QED) is 0.520. The molecule has 0 radical (unpaired) electrons. The second kappa shape index (κ2) is 6.93. The van der Waals surface area contributed by atoms with Crippen LogP contribution in [0.4, 0.5) is 0 Å². The normalized spacial score (nSPS) is 24.9. The highest BCUT2D eigenvalue weighted by atomic mass is 35.5. The van der Waals surface area contributed by atoms with Crippen LogP contribution in [0.2, 0.25) is 0 Å². The fourth-order valence-electron chi connectivity index (χ4n) is 1.54. The van der Waals surface area contributed by atoms with Gasteiger partial charge in [-0.2, -0.15) is 11.8 Å². The smallest absolute Gasteiger partial charge is 0.0634 e. The fraction of sp³-hybridized carbons (Fsp3) is 1.00. The zero-order chi connectivity index (χ0) is 9.52. The van der Waals surface area contributed by atoms with E-state index in [0.717, 1.165) is 19.8 Å². The van der Waals surface area contributed by atoms with Crippen LogP contribution in [0.25, 0.3) is 0 Å². The molecule has 0 spiro atoms. The van der Waals surface area contributed by atoms with Gasteiger partial charge < -0.3 is 4.74 Å². The summed E-state index contributed by atoms with van der Waals surface area (Å²) in [5.41, 5.74) is 0. The Bertz CT molecular complexity index is 137. The molecule has 1 atom stereocenters. The van der Waals surface area contributed by atoms with Gasteiger partial charge in [0.25, 0.3) is 0 Å². The highest BCUT2D eigenvalue weighted by Gasteiger charge is 2.20. The third kappa shape index (κ3) is 4.07. The maximum Gasteiger partial charge on any atom is 0.0634 e. The van der Waals surface area contributed by atoms with E-state index in [0.29, 0.717) is 11.9 Å². The highest BCUT2D eigenvalue weighted by molar-refractivity contribution is 7.98. The van der Waals surface area contributed by atoms with Gasteiger partial charge in [-0.1, -0.05) is 0 Å². The number of hydrogen-bond donors (Lipinski definition) is 0. The number of thioether (sulfide) groups is 1. The fourth-order valence-corrected chi connectivity index (χ4v) is 2.24. The van der Waals surface area contributed by atoms with Crippen LogP contribution >= 0.6 is 23.4 Å². The van der Waals surface area contributed by atoms with Gasteiger partial charge in [0.15, 0.2) is 0 Å². The molecule has 0 bridgehead atoms. The largest absolute Gasteiger partial charge is 0.378 e. The second-order valence-corrected chi connectivity index (χ2v) is 4.56. The molecule has 0 saturated carbocycles. The van der Waals surface area contributed by atoms with Crippen molar-refractivity contribution in [2.75, 3.05) is 44.2 Å². The molecule has 1 heterocycles. The molecule has 78 valence electrons. The maximum atomic E-state index is 5.86. The Morgan fingerprint density at radius 1 is 1.62 bits per heavy atom. The van der Waals surface area contributed by atoms with Crippen molar-refractivity contribution in [3.8, 4) is 0 Å². The van der Waals surface area contributed by atoms with Crippen LogP contribution < -0.4 is 0 Å². The minimum atomic E-state index is 0.442. The number of alkyl halides is 1. The van der Waals surface area contributed by atoms with Crippen LogP contribution in [0.3, 0.4) is 0 Å². The molecule has 0 aliphatic carbocycles. The van der Waals surface area contributed by atoms with Gasteiger partial charge in [-0.3, -0.25) is 4.90 Å². The van der Waals surface area contributed by atoms with Crippen molar-refractivity contribution in [2.45, 2.75) is 12.5 Å². The van der Waals surface area contributed by atoms with Crippen LogP contribution in [0.5, 0.6) is 0 Å². The van der Waals surface area contributed by atoms with Gasteiger partial charge in [-0.15, -0.1) is 11.6 Å². The number of hydrogen-bond acceptors (Lipinski definition) is 3. The highest BCUT2D eigenvalue weighted by Crippen LogP contribution is 2.09. The SMILES string of the molecule is CSCCCN1CCOCC1CCl. The van der Waals surface area contributed by atoms with Crippen LogP contribution in [-0.4, -0.2) is 55.1 Å². The average molecular weight is 224 g/mol. The summed E-state index contributed by atoms with van der Waals surface area (Å²) in [6.07, 6.45) is 3.41. The average Bonchev–Trinajstić information content (AvgIpc) is 2.19. The molecule has 0 N–H and O–H groups in total. The molecule has 1 saturated heterocycles. The van der Waals surface area contributed by atoms with E-state index >= 15 is 0 Å². The van der Waals surface area contributed by atoms with Crippen LogP contribution in [0.15, 0.2) is 0 Å². The summed E-state index contributed by atoms with van der Waals surface area (Å²) in [6.45, 7) is 3.89. The molecule has 1 fully saturated rings. The molecule has 2 nitrogen and oxygen atoms in total. The Labute approximate surface area is 90.0 Å². The van der Waals surface area contributed by atoms with E-state index in [2.05, 4.69) is 11.2 Å². The zero-order valence-corrected chi connectivity index (χ0v) is 9.74. The van der Waals surface area contributed by atoms with Gasteiger partial charge in [0.2, 0.25) is 0 Å². The number of halogens is 1. The Morgan fingerprint density at radius 3 is 3.15 bits per heavy atom. The number of morpholine rings is 1. The van der Waals surface area contributed by atoms with E-state index in [9.17, 15) is 0 Å². The molecule has 1 unspecified atom stereocenters. The Kier molecular flexibility index (Phi) is 6.20. The molecule has 1 aliphatic rings. The van der Waals surface area contributed by atoms with Gasteiger partial charge in [0.05, 0.1) is 13.2 Å². The predicted octanol–water partition coefficient (Wildman–Crippen LogP) is 1.68. The maximum absolute atomic E-state index is 5.86. The van der Waals surface area contributed by atoms with Crippen molar-refractivity contribution in [1.29, 1.82) is 0 Å². The minimum Gasteiger partial charge on any atom is -0.378 e. The van der Waals surface area contributed by atoms with Crippen LogP contribution in [0.1, 0.15) is 6.42 Å². The predicted molar refractivity (Wildman–Crippen MR) is 59.9 cm³/mol. The lowest BCUT2D eigenvalue weighted by Crippen LogP contribution is -2.46. The van der Waals surface area contributed by atoms with Crippen molar-refractivity contribution in [1.82, 2.24) is 4.90 Å². The first-order chi connectivity index (χ1) is 6.38. The molecule has 1 aliphatic heterocycles. The summed E-state index contributed by atoms with van der Waals surface area (Å²) < 4.78 is 5.38. The molecule has 0 aromatic carbocycles. The first-order valence-corrected chi connectivity index (χ1v) is 6.68. The van der Waals surface area contributed by atoms with E-state index in [4.69, 9.17) is 16.3 Å². The summed E-state index contributed by atoms with van der Waals surface area (Å²) in [4.78, 5) is 2.45. The van der Waals surface area contributed by atoms with Crippen molar-refractivity contribution < 1.29 is 4.74 Å². The molecule has 13 heavy (non-hydrogen) atoms. The topological polar surface area (TPSA) is 12.5 Å². The first-order valence-electron chi connectivity index (χ1n) is 4.75. The lowest BCUT2D eigenvalue weighted by atomic mass is 10.2. The zero-order valence-electron chi connectivity index (χ0n) is 8.17. The first kappa shape index (κ1) is 11.6. The lowest BCUT2D eigenvalue weighted by molar-refractivity contribution is 0.00136. The number of ether oxygens (including phenoxy) is 1. The van der Waals surface area contributed by atoms with Crippen molar-refractivity contribution in [3.63, 3.8) is 0 Å². The van der Waals surface area contributed by atoms with E-state index in [-0.39, 0.29) is 0 Å². The van der Waals surface area contributed by atoms with E-state index < -0.39 is 0 Å². The van der Waals surface area contributed by atoms with Gasteiger partial charge in [-0.05, 0) is 25.0 Å². The Morgan fingerprint density at radius 2 is 2.46 bits per heavy atom. The van der Waals surface area contributed by atoms with Gasteiger partial charge in [0, 0.05) is 18.5 Å². The van der Waals surface area contributed by atoms with E-state index in [1.165, 1.54) is 18.7 Å². The second-order valence-electron chi connectivity index (χ2n) is 3.27. The number of rotatable bonds is 5. The van der Waals surface area contributed by atoms with Crippen molar-refractivity contribution in [3.05, 3.63) is 0 Å². The molecule has 4 heteroatoms.